The molecule has 1 spiro atoms. The monoisotopic (exact) mass is 334 g/mol. The molecule has 1 saturated heterocycles. The van der Waals surface area contributed by atoms with E-state index in [0.717, 1.165) is 31.2 Å². The quantitative estimate of drug-likeness (QED) is 0.778. The molecule has 0 bridgehead atoms. The molecule has 7 nitrogen and oxygen atoms in total. The fraction of sp³-hybridized carbons (Fsp3) is 0.533. The Morgan fingerprint density at radius 3 is 2.96 bits per heavy atom. The topological polar surface area (TPSA) is 95.4 Å². The number of hydrogen-bond donors (Lipinski definition) is 2. The molecule has 1 aliphatic carbocycles. The molecule has 0 radical (unpaired) electrons. The van der Waals surface area contributed by atoms with Crippen LogP contribution in [-0.4, -0.2) is 42.8 Å². The van der Waals surface area contributed by atoms with Crippen LogP contribution < -0.4 is 10.2 Å². The number of hydrogen-bond acceptors (Lipinski definition) is 5. The van der Waals surface area contributed by atoms with Crippen molar-refractivity contribution in [3.05, 3.63) is 23.7 Å². The first-order valence-electron chi connectivity index (χ1n) is 7.78. The second kappa shape index (κ2) is 5.38. The summed E-state index contributed by atoms with van der Waals surface area (Å²) in [4.78, 5) is 23.1. The normalized spacial score (nSPS) is 25.9. The molecule has 3 aliphatic rings. The Labute approximate surface area is 136 Å². The van der Waals surface area contributed by atoms with Gasteiger partial charge in [-0.3, -0.25) is 4.79 Å². The van der Waals surface area contributed by atoms with Gasteiger partial charge in [0, 0.05) is 18.3 Å². The number of aromatic nitrogens is 2. The van der Waals surface area contributed by atoms with E-state index in [9.17, 15) is 9.00 Å². The van der Waals surface area contributed by atoms with E-state index in [1.165, 1.54) is 0 Å². The number of piperazine rings is 1. The smallest absolute Gasteiger partial charge is 0.246 e. The minimum atomic E-state index is -1.99. The van der Waals surface area contributed by atoms with Gasteiger partial charge in [0.1, 0.15) is 23.4 Å². The van der Waals surface area contributed by atoms with Crippen molar-refractivity contribution >= 4 is 28.9 Å². The van der Waals surface area contributed by atoms with Crippen molar-refractivity contribution in [2.24, 2.45) is 0 Å². The number of nitrogens with zero attached hydrogens (tertiary/aromatic N) is 3. The van der Waals surface area contributed by atoms with E-state index in [-0.39, 0.29) is 23.2 Å². The highest BCUT2D eigenvalue weighted by Gasteiger charge is 2.49. The lowest BCUT2D eigenvalue weighted by molar-refractivity contribution is -0.123. The number of anilines is 1. The lowest BCUT2D eigenvalue weighted by atomic mass is 9.87. The summed E-state index contributed by atoms with van der Waals surface area (Å²) in [5.41, 5.74) is 0.747. The van der Waals surface area contributed by atoms with Gasteiger partial charge in [0.15, 0.2) is 11.1 Å². The summed E-state index contributed by atoms with van der Waals surface area (Å²) in [5.74, 6) is 0.923. The fourth-order valence-corrected chi connectivity index (χ4v) is 4.30. The SMILES string of the molecule is O=C1NCC2(CCCC2)N2c3nc(CS(=O)O)ncc3C=CC12. The first-order valence-corrected chi connectivity index (χ1v) is 9.05. The standard InChI is InChI=1S/C15H18N4O3S/c20-14-11-4-3-10-7-16-12(8-23(21)22)18-13(10)19(11)15(9-17-14)5-1-2-6-15/h3-4,7,11H,1-2,5-6,8-9H2,(H,17,20)(H,21,22). The van der Waals surface area contributed by atoms with Crippen LogP contribution in [0.3, 0.4) is 0 Å². The van der Waals surface area contributed by atoms with E-state index >= 15 is 0 Å². The van der Waals surface area contributed by atoms with Gasteiger partial charge in [-0.25, -0.2) is 14.2 Å². The van der Waals surface area contributed by atoms with Crippen molar-refractivity contribution < 1.29 is 13.6 Å². The Kier molecular flexibility index (Phi) is 3.46. The van der Waals surface area contributed by atoms with Crippen molar-refractivity contribution in [2.75, 3.05) is 11.4 Å². The van der Waals surface area contributed by atoms with E-state index in [1.807, 2.05) is 12.2 Å². The summed E-state index contributed by atoms with van der Waals surface area (Å²) in [5, 5.41) is 3.03. The average Bonchev–Trinajstić information content (AvgIpc) is 2.99. The summed E-state index contributed by atoms with van der Waals surface area (Å²) in [6.07, 6.45) is 9.73. The molecule has 1 saturated carbocycles. The van der Waals surface area contributed by atoms with Crippen LogP contribution in [0.5, 0.6) is 0 Å². The molecule has 0 aromatic carbocycles. The Balaban J connectivity index is 1.82. The van der Waals surface area contributed by atoms with Crippen molar-refractivity contribution in [2.45, 2.75) is 43.0 Å². The summed E-state index contributed by atoms with van der Waals surface area (Å²) in [7, 11) is 0. The molecule has 3 heterocycles. The molecule has 2 fully saturated rings. The molecule has 1 aromatic heterocycles. The third kappa shape index (κ3) is 2.36. The van der Waals surface area contributed by atoms with Crippen LogP contribution in [0.1, 0.15) is 37.1 Å². The lowest BCUT2D eigenvalue weighted by Gasteiger charge is -2.50. The number of nitrogens with one attached hydrogen (secondary N) is 1. The minimum absolute atomic E-state index is 0.0182. The molecule has 23 heavy (non-hydrogen) atoms. The first kappa shape index (κ1) is 14.8. The second-order valence-corrected chi connectivity index (χ2v) is 7.29. The van der Waals surface area contributed by atoms with Gasteiger partial charge in [-0.2, -0.15) is 0 Å². The van der Waals surface area contributed by atoms with Gasteiger partial charge >= 0.3 is 0 Å². The Morgan fingerprint density at radius 2 is 2.22 bits per heavy atom. The minimum Gasteiger partial charge on any atom is -0.352 e. The maximum atomic E-state index is 12.3. The maximum absolute atomic E-state index is 12.3. The number of carbonyl (C=O) groups excluding carboxylic acids is 1. The predicted octanol–water partition coefficient (Wildman–Crippen LogP) is 0.843. The fourth-order valence-electron chi connectivity index (χ4n) is 3.94. The number of amides is 1. The third-order valence-electron chi connectivity index (χ3n) is 4.97. The average molecular weight is 334 g/mol. The molecule has 4 rings (SSSR count). The molecule has 8 heteroatoms. The zero-order chi connectivity index (χ0) is 16.0. The maximum Gasteiger partial charge on any atom is 0.246 e. The molecule has 1 amide bonds. The summed E-state index contributed by atoms with van der Waals surface area (Å²) >= 11 is -1.99. The van der Waals surface area contributed by atoms with Gasteiger partial charge in [0.05, 0.1) is 5.54 Å². The van der Waals surface area contributed by atoms with E-state index in [1.54, 1.807) is 6.20 Å². The van der Waals surface area contributed by atoms with Crippen molar-refractivity contribution in [1.29, 1.82) is 0 Å². The molecule has 1 aromatic rings. The van der Waals surface area contributed by atoms with Gasteiger partial charge < -0.3 is 14.8 Å². The van der Waals surface area contributed by atoms with Gasteiger partial charge in [0.25, 0.3) is 0 Å². The Hall–Kier alpha value is -1.80. The highest BCUT2D eigenvalue weighted by molar-refractivity contribution is 7.78. The van der Waals surface area contributed by atoms with Gasteiger partial charge in [0.2, 0.25) is 5.91 Å². The van der Waals surface area contributed by atoms with Crippen LogP contribution in [0.2, 0.25) is 0 Å². The molecule has 2 atom stereocenters. The molecule has 2 unspecified atom stereocenters. The van der Waals surface area contributed by atoms with Gasteiger partial charge in [-0.05, 0) is 12.8 Å². The van der Waals surface area contributed by atoms with Crippen LogP contribution in [0.25, 0.3) is 6.08 Å². The van der Waals surface area contributed by atoms with E-state index in [4.69, 9.17) is 4.55 Å². The molecular weight excluding hydrogens is 316 g/mol. The van der Waals surface area contributed by atoms with Crippen molar-refractivity contribution in [3.63, 3.8) is 0 Å². The van der Waals surface area contributed by atoms with Crippen LogP contribution in [0, 0.1) is 0 Å². The highest BCUT2D eigenvalue weighted by atomic mass is 32.2. The van der Waals surface area contributed by atoms with Crippen LogP contribution in [-0.2, 0) is 21.6 Å². The summed E-state index contributed by atoms with van der Waals surface area (Å²) in [6.45, 7) is 0.626. The number of rotatable bonds is 2. The molecular formula is C15H18N4O3S. The van der Waals surface area contributed by atoms with E-state index in [0.29, 0.717) is 18.2 Å². The molecule has 2 N–H and O–H groups in total. The lowest BCUT2D eigenvalue weighted by Crippen LogP contribution is -2.67. The zero-order valence-corrected chi connectivity index (χ0v) is 13.4. The van der Waals surface area contributed by atoms with Crippen LogP contribution in [0.15, 0.2) is 12.3 Å². The van der Waals surface area contributed by atoms with Crippen LogP contribution in [0.4, 0.5) is 5.82 Å². The Morgan fingerprint density at radius 1 is 1.43 bits per heavy atom. The van der Waals surface area contributed by atoms with Crippen molar-refractivity contribution in [3.8, 4) is 0 Å². The number of carbonyl (C=O) groups is 1. The van der Waals surface area contributed by atoms with Crippen molar-refractivity contribution in [1.82, 2.24) is 15.3 Å². The molecule has 122 valence electrons. The number of fused-ring (bicyclic) bond motifs is 4. The van der Waals surface area contributed by atoms with Gasteiger partial charge in [-0.1, -0.05) is 25.0 Å². The predicted molar refractivity (Wildman–Crippen MR) is 86.0 cm³/mol. The Bertz CT molecular complexity index is 715. The van der Waals surface area contributed by atoms with Gasteiger partial charge in [-0.15, -0.1) is 0 Å². The summed E-state index contributed by atoms with van der Waals surface area (Å²) < 4.78 is 20.2. The van der Waals surface area contributed by atoms with E-state index < -0.39 is 11.1 Å². The van der Waals surface area contributed by atoms with Crippen LogP contribution >= 0.6 is 0 Å². The summed E-state index contributed by atoms with van der Waals surface area (Å²) in [6, 6.07) is -0.364. The second-order valence-electron chi connectivity index (χ2n) is 6.35. The third-order valence-corrected chi connectivity index (χ3v) is 5.47. The first-order chi connectivity index (χ1) is 11.1. The highest BCUT2D eigenvalue weighted by Crippen LogP contribution is 2.43. The molecule has 2 aliphatic heterocycles. The zero-order valence-electron chi connectivity index (χ0n) is 12.6. The van der Waals surface area contributed by atoms with E-state index in [2.05, 4.69) is 20.2 Å². The largest absolute Gasteiger partial charge is 0.352 e.